The van der Waals surface area contributed by atoms with Crippen molar-refractivity contribution in [1.82, 2.24) is 19.5 Å². The van der Waals surface area contributed by atoms with E-state index < -0.39 is 38.7 Å². The molecule has 0 aliphatic carbocycles. The molecule has 4 heterocycles. The van der Waals surface area contributed by atoms with Gasteiger partial charge in [-0.3, -0.25) is 14.3 Å². The van der Waals surface area contributed by atoms with E-state index in [1.165, 1.54) is 11.8 Å². The van der Waals surface area contributed by atoms with Gasteiger partial charge in [0.05, 0.1) is 6.61 Å². The summed E-state index contributed by atoms with van der Waals surface area (Å²) in [6.07, 6.45) is -3.29. The molecule has 2 aromatic heterocycles. The molecule has 25 heavy (non-hydrogen) atoms. The number of imidazole rings is 1. The Morgan fingerprint density at radius 1 is 1.52 bits per heavy atom. The minimum atomic E-state index is -2.05. The summed E-state index contributed by atoms with van der Waals surface area (Å²) in [6, 6.07) is 0. The highest BCUT2D eigenvalue weighted by atomic mass is 32.2. The standard InChI is InChI=1S/C12H16N5O6PS/c1-2-25-12-14-5-8(15-11(13)16-9(5)19)17(12)10-6(18)7-4(22-10)3-21-24(20)23-7/h4,6-7,10,18,20H,2-3H2,1H3,(H3,13,15,16,19). The maximum Gasteiger partial charge on any atom is 0.330 e. The molecule has 2 aliphatic heterocycles. The molecule has 5 atom stereocenters. The molecular formula is C12H16N5O6PS. The van der Waals surface area contributed by atoms with Crippen molar-refractivity contribution in [3.63, 3.8) is 0 Å². The fourth-order valence-electron chi connectivity index (χ4n) is 2.91. The summed E-state index contributed by atoms with van der Waals surface area (Å²) in [5.74, 6) is 0.628. The molecule has 4 rings (SSSR count). The molecule has 0 saturated carbocycles. The lowest BCUT2D eigenvalue weighted by molar-refractivity contribution is -0.0614. The lowest BCUT2D eigenvalue weighted by Crippen LogP contribution is -2.38. The van der Waals surface area contributed by atoms with Crippen LogP contribution in [0.1, 0.15) is 13.2 Å². The van der Waals surface area contributed by atoms with E-state index >= 15 is 0 Å². The molecular weight excluding hydrogens is 373 g/mol. The predicted molar refractivity (Wildman–Crippen MR) is 88.8 cm³/mol. The first-order valence-corrected chi connectivity index (χ1v) is 9.64. The Bertz CT molecular complexity index is 860. The Morgan fingerprint density at radius 2 is 2.32 bits per heavy atom. The molecule has 11 nitrogen and oxygen atoms in total. The van der Waals surface area contributed by atoms with Crippen LogP contribution in [0.2, 0.25) is 0 Å². The van der Waals surface area contributed by atoms with Crippen LogP contribution in [-0.2, 0) is 13.8 Å². The van der Waals surface area contributed by atoms with Gasteiger partial charge in [0.15, 0.2) is 22.5 Å². The van der Waals surface area contributed by atoms with Gasteiger partial charge in [0.25, 0.3) is 5.56 Å². The molecule has 5 unspecified atom stereocenters. The lowest BCUT2D eigenvalue weighted by Gasteiger charge is -2.27. The van der Waals surface area contributed by atoms with Gasteiger partial charge in [0.2, 0.25) is 5.95 Å². The highest BCUT2D eigenvalue weighted by molar-refractivity contribution is 7.99. The zero-order valence-electron chi connectivity index (χ0n) is 13.0. The summed E-state index contributed by atoms with van der Waals surface area (Å²) in [5, 5.41) is 11.1. The van der Waals surface area contributed by atoms with Gasteiger partial charge in [-0.1, -0.05) is 18.7 Å². The van der Waals surface area contributed by atoms with Gasteiger partial charge in [0.1, 0.15) is 18.3 Å². The molecule has 13 heteroatoms. The number of ether oxygens (including phenoxy) is 1. The van der Waals surface area contributed by atoms with Crippen molar-refractivity contribution in [2.24, 2.45) is 0 Å². The SMILES string of the molecule is CCSc1nc2c(=O)[nH]c(N)nc2n1C1OC2COP(O)OC2C1O. The van der Waals surface area contributed by atoms with Gasteiger partial charge in [0, 0.05) is 0 Å². The first kappa shape index (κ1) is 17.2. The Kier molecular flexibility index (Phi) is 4.44. The van der Waals surface area contributed by atoms with Gasteiger partial charge in [-0.2, -0.15) is 4.98 Å². The number of H-pyrrole nitrogens is 1. The van der Waals surface area contributed by atoms with E-state index in [0.29, 0.717) is 10.9 Å². The molecule has 2 aromatic rings. The minimum Gasteiger partial charge on any atom is -0.386 e. The number of fused-ring (bicyclic) bond motifs is 2. The van der Waals surface area contributed by atoms with Crippen molar-refractivity contribution >= 4 is 37.5 Å². The van der Waals surface area contributed by atoms with Gasteiger partial charge in [-0.05, 0) is 5.75 Å². The molecule has 0 aromatic carbocycles. The van der Waals surface area contributed by atoms with Crippen LogP contribution in [-0.4, -0.2) is 60.2 Å². The Hall–Kier alpha value is -1.27. The van der Waals surface area contributed by atoms with Crippen LogP contribution in [0.5, 0.6) is 0 Å². The Balaban J connectivity index is 1.82. The number of hydrogen-bond donors (Lipinski definition) is 4. The topological polar surface area (TPSA) is 158 Å². The molecule has 0 amide bonds. The second kappa shape index (κ2) is 6.47. The Morgan fingerprint density at radius 3 is 3.08 bits per heavy atom. The molecule has 136 valence electrons. The van der Waals surface area contributed by atoms with Crippen LogP contribution in [0.3, 0.4) is 0 Å². The summed E-state index contributed by atoms with van der Waals surface area (Å²) in [7, 11) is -2.05. The summed E-state index contributed by atoms with van der Waals surface area (Å²) in [4.78, 5) is 32.5. The molecule has 2 fully saturated rings. The first-order valence-electron chi connectivity index (χ1n) is 7.52. The summed E-state index contributed by atoms with van der Waals surface area (Å²) >= 11 is 1.37. The minimum absolute atomic E-state index is 0.0601. The number of aliphatic hydroxyl groups excluding tert-OH is 1. The second-order valence-electron chi connectivity index (χ2n) is 5.48. The largest absolute Gasteiger partial charge is 0.386 e. The van der Waals surface area contributed by atoms with Crippen molar-refractivity contribution in [1.29, 1.82) is 0 Å². The van der Waals surface area contributed by atoms with E-state index in [0.717, 1.165) is 0 Å². The molecule has 2 saturated heterocycles. The molecule has 2 aliphatic rings. The highest BCUT2D eigenvalue weighted by Crippen LogP contribution is 2.47. The third-order valence-electron chi connectivity index (χ3n) is 3.94. The van der Waals surface area contributed by atoms with Crippen molar-refractivity contribution in [2.45, 2.75) is 36.6 Å². The third kappa shape index (κ3) is 2.83. The number of nitrogens with zero attached hydrogens (tertiary/aromatic N) is 3. The number of hydrogen-bond acceptors (Lipinski definition) is 10. The van der Waals surface area contributed by atoms with E-state index in [1.54, 1.807) is 4.57 Å². The van der Waals surface area contributed by atoms with Crippen LogP contribution in [0.4, 0.5) is 5.95 Å². The average molecular weight is 389 g/mol. The number of nitrogens with two attached hydrogens (primary N) is 1. The van der Waals surface area contributed by atoms with Crippen LogP contribution in [0.25, 0.3) is 11.2 Å². The van der Waals surface area contributed by atoms with Crippen molar-refractivity contribution in [3.05, 3.63) is 10.4 Å². The van der Waals surface area contributed by atoms with E-state index in [9.17, 15) is 14.8 Å². The molecule has 5 N–H and O–H groups in total. The molecule has 0 radical (unpaired) electrons. The van der Waals surface area contributed by atoms with E-state index in [4.69, 9.17) is 19.5 Å². The fraction of sp³-hybridized carbons (Fsp3) is 0.583. The summed E-state index contributed by atoms with van der Waals surface area (Å²) in [5.41, 5.74) is 5.51. The second-order valence-corrected chi connectivity index (χ2v) is 7.66. The summed E-state index contributed by atoms with van der Waals surface area (Å²) in [6.45, 7) is 2.03. The first-order chi connectivity index (χ1) is 12.0. The Labute approximate surface area is 146 Å². The number of aromatic amines is 1. The maximum atomic E-state index is 12.1. The summed E-state index contributed by atoms with van der Waals surface area (Å²) < 4.78 is 17.7. The molecule has 0 bridgehead atoms. The number of aliphatic hydroxyl groups is 1. The smallest absolute Gasteiger partial charge is 0.330 e. The van der Waals surface area contributed by atoms with Crippen LogP contribution >= 0.6 is 20.4 Å². The number of aromatic nitrogens is 4. The van der Waals surface area contributed by atoms with Crippen LogP contribution in [0, 0.1) is 0 Å². The third-order valence-corrected chi connectivity index (χ3v) is 5.56. The van der Waals surface area contributed by atoms with E-state index in [2.05, 4.69) is 15.0 Å². The van der Waals surface area contributed by atoms with Crippen molar-refractivity contribution < 1.29 is 23.8 Å². The van der Waals surface area contributed by atoms with Crippen molar-refractivity contribution in [2.75, 3.05) is 18.1 Å². The quantitative estimate of drug-likeness (QED) is 0.406. The van der Waals surface area contributed by atoms with E-state index in [-0.39, 0.29) is 23.7 Å². The van der Waals surface area contributed by atoms with Crippen LogP contribution in [0.15, 0.2) is 9.95 Å². The zero-order chi connectivity index (χ0) is 17.7. The fourth-order valence-corrected chi connectivity index (χ4v) is 4.46. The predicted octanol–water partition coefficient (Wildman–Crippen LogP) is -0.293. The number of rotatable bonds is 3. The van der Waals surface area contributed by atoms with Gasteiger partial charge in [-0.25, -0.2) is 4.98 Å². The normalized spacial score (nSPS) is 32.2. The maximum absolute atomic E-state index is 12.1. The number of anilines is 1. The van der Waals surface area contributed by atoms with Gasteiger partial charge >= 0.3 is 8.60 Å². The number of nitrogen functional groups attached to an aromatic ring is 1. The number of nitrogens with one attached hydrogen (secondary N) is 1. The van der Waals surface area contributed by atoms with Crippen molar-refractivity contribution in [3.8, 4) is 0 Å². The van der Waals surface area contributed by atoms with Crippen LogP contribution < -0.4 is 11.3 Å². The lowest BCUT2D eigenvalue weighted by atomic mass is 10.1. The monoisotopic (exact) mass is 389 g/mol. The van der Waals surface area contributed by atoms with Gasteiger partial charge in [-0.15, -0.1) is 0 Å². The van der Waals surface area contributed by atoms with E-state index in [1.807, 2.05) is 6.92 Å². The highest BCUT2D eigenvalue weighted by Gasteiger charge is 2.50. The van der Waals surface area contributed by atoms with Gasteiger partial charge < -0.3 is 29.5 Å². The zero-order valence-corrected chi connectivity index (χ0v) is 14.7. The molecule has 0 spiro atoms. The average Bonchev–Trinajstić information content (AvgIpc) is 3.06. The number of thioether (sulfide) groups is 1.